The molecule has 4 nitrogen and oxygen atoms in total. The summed E-state index contributed by atoms with van der Waals surface area (Å²) in [6.45, 7) is 0. The zero-order chi connectivity index (χ0) is 37.0. The molecule has 7 aromatic carbocycles. The lowest BCUT2D eigenvalue weighted by Crippen LogP contribution is -2.17. The van der Waals surface area contributed by atoms with Crippen molar-refractivity contribution >= 4 is 55.3 Å². The number of rotatable bonds is 6. The van der Waals surface area contributed by atoms with Crippen LogP contribution in [-0.4, -0.2) is 16.1 Å². The van der Waals surface area contributed by atoms with Crippen LogP contribution in [0, 0.1) is 0 Å². The Morgan fingerprint density at radius 3 is 2.14 bits per heavy atom. The number of aliphatic imine (C=N–C) groups is 2. The van der Waals surface area contributed by atoms with Crippen LogP contribution in [0.15, 0.2) is 202 Å². The van der Waals surface area contributed by atoms with Crippen molar-refractivity contribution in [3.63, 3.8) is 0 Å². The minimum Gasteiger partial charge on any atom is -0.456 e. The quantitative estimate of drug-likeness (QED) is 0.169. The molecule has 2 aliphatic rings. The van der Waals surface area contributed by atoms with Crippen molar-refractivity contribution in [2.24, 2.45) is 9.98 Å². The molecular formula is C52H37N3O. The number of furan rings is 1. The topological polar surface area (TPSA) is 42.8 Å². The molecule has 9 aromatic rings. The van der Waals surface area contributed by atoms with Crippen LogP contribution in [0.3, 0.4) is 0 Å². The molecule has 0 amide bonds. The predicted octanol–water partition coefficient (Wildman–Crippen LogP) is 13.3. The molecule has 1 aliphatic heterocycles. The van der Waals surface area contributed by atoms with Crippen LogP contribution >= 0.6 is 0 Å². The molecule has 4 heteroatoms. The van der Waals surface area contributed by atoms with Crippen LogP contribution in [0.2, 0.25) is 0 Å². The highest BCUT2D eigenvalue weighted by Gasteiger charge is 2.25. The molecule has 0 radical (unpaired) electrons. The molecule has 2 aromatic heterocycles. The normalized spacial score (nSPS) is 16.9. The monoisotopic (exact) mass is 719 g/mol. The molecule has 3 heterocycles. The Bertz CT molecular complexity index is 3070. The van der Waals surface area contributed by atoms with Crippen molar-refractivity contribution in [2.75, 3.05) is 0 Å². The number of benzene rings is 7. The summed E-state index contributed by atoms with van der Waals surface area (Å²) in [5, 5.41) is 4.64. The molecule has 0 saturated heterocycles. The van der Waals surface area contributed by atoms with Gasteiger partial charge in [-0.25, -0.2) is 4.99 Å². The Hall–Kier alpha value is -7.04. The first-order valence-corrected chi connectivity index (χ1v) is 19.4. The van der Waals surface area contributed by atoms with Gasteiger partial charge in [0.05, 0.1) is 22.8 Å². The number of allylic oxidation sites excluding steroid dienone is 4. The fourth-order valence-electron chi connectivity index (χ4n) is 8.72. The van der Waals surface area contributed by atoms with Crippen molar-refractivity contribution in [1.82, 2.24) is 4.57 Å². The maximum atomic E-state index is 6.75. The van der Waals surface area contributed by atoms with Crippen LogP contribution in [0.25, 0.3) is 60.6 Å². The highest BCUT2D eigenvalue weighted by atomic mass is 16.3. The van der Waals surface area contributed by atoms with Crippen LogP contribution in [0.5, 0.6) is 0 Å². The van der Waals surface area contributed by atoms with Crippen molar-refractivity contribution in [3.05, 3.63) is 210 Å². The lowest BCUT2D eigenvalue weighted by atomic mass is 9.92. The number of aromatic nitrogens is 1. The number of hydrogen-bond acceptors (Lipinski definition) is 3. The number of hydrogen-bond donors (Lipinski definition) is 0. The van der Waals surface area contributed by atoms with E-state index in [2.05, 4.69) is 174 Å². The molecule has 2 atom stereocenters. The molecule has 2 unspecified atom stereocenters. The van der Waals surface area contributed by atoms with Crippen LogP contribution in [0.1, 0.15) is 47.1 Å². The molecule has 11 rings (SSSR count). The number of nitrogens with zero attached hydrogens (tertiary/aromatic N) is 3. The highest BCUT2D eigenvalue weighted by Crippen LogP contribution is 2.40. The summed E-state index contributed by atoms with van der Waals surface area (Å²) < 4.78 is 9.16. The predicted molar refractivity (Wildman–Crippen MR) is 232 cm³/mol. The van der Waals surface area contributed by atoms with Crippen molar-refractivity contribution < 1.29 is 4.42 Å². The van der Waals surface area contributed by atoms with Gasteiger partial charge in [0.1, 0.15) is 11.2 Å². The average molecular weight is 720 g/mol. The van der Waals surface area contributed by atoms with Gasteiger partial charge in [-0.15, -0.1) is 0 Å². The minimum absolute atomic E-state index is 0.0401. The van der Waals surface area contributed by atoms with Crippen molar-refractivity contribution in [2.45, 2.75) is 24.8 Å². The fourth-order valence-corrected chi connectivity index (χ4v) is 8.72. The summed E-state index contributed by atoms with van der Waals surface area (Å²) in [5.74, 6) is 1.11. The Morgan fingerprint density at radius 1 is 0.554 bits per heavy atom. The lowest BCUT2D eigenvalue weighted by molar-refractivity contribution is 0.668. The van der Waals surface area contributed by atoms with E-state index in [-0.39, 0.29) is 6.04 Å². The van der Waals surface area contributed by atoms with Crippen molar-refractivity contribution in [1.29, 1.82) is 0 Å². The summed E-state index contributed by atoms with van der Waals surface area (Å²) in [5.41, 5.74) is 13.2. The Balaban J connectivity index is 1.07. The zero-order valence-electron chi connectivity index (χ0n) is 30.7. The smallest absolute Gasteiger partial charge is 0.155 e. The van der Waals surface area contributed by atoms with Crippen LogP contribution in [0.4, 0.5) is 0 Å². The minimum atomic E-state index is -0.0401. The molecule has 0 fully saturated rings. The van der Waals surface area contributed by atoms with Gasteiger partial charge in [0.25, 0.3) is 0 Å². The second-order valence-corrected chi connectivity index (χ2v) is 14.8. The first-order valence-electron chi connectivity index (χ1n) is 19.4. The molecule has 56 heavy (non-hydrogen) atoms. The average Bonchev–Trinajstić information content (AvgIpc) is 3.82. The Morgan fingerprint density at radius 2 is 1.34 bits per heavy atom. The highest BCUT2D eigenvalue weighted by molar-refractivity contribution is 6.23. The van der Waals surface area contributed by atoms with Gasteiger partial charge in [0.2, 0.25) is 0 Å². The Kier molecular flexibility index (Phi) is 7.73. The van der Waals surface area contributed by atoms with E-state index in [1.165, 1.54) is 44.1 Å². The molecule has 0 bridgehead atoms. The maximum Gasteiger partial charge on any atom is 0.155 e. The lowest BCUT2D eigenvalue weighted by Gasteiger charge is -2.21. The third kappa shape index (κ3) is 5.53. The standard InChI is InChI=1S/C52H37N3O/c1-5-14-34(15-6-1)38-25-29-47-44(30-38)41-27-24-39(35-16-7-2-8-17-35)31-48(41)55(47)40-26-28-43-50(32-40)56-49-23-13-22-42(51(43)49)46-33-45(36-18-9-3-10-19-36)53-52(54-46)37-20-11-4-12-21-37/h1-16,18-32,35,45H,17,33H2. The van der Waals surface area contributed by atoms with Crippen LogP contribution < -0.4 is 0 Å². The van der Waals surface area contributed by atoms with Gasteiger partial charge in [0.15, 0.2) is 5.84 Å². The summed E-state index contributed by atoms with van der Waals surface area (Å²) in [4.78, 5) is 10.4. The van der Waals surface area contributed by atoms with E-state index in [1.807, 2.05) is 18.2 Å². The van der Waals surface area contributed by atoms with Crippen molar-refractivity contribution in [3.8, 4) is 16.8 Å². The van der Waals surface area contributed by atoms with Gasteiger partial charge in [-0.05, 0) is 65.1 Å². The molecule has 0 spiro atoms. The molecular weight excluding hydrogens is 683 g/mol. The first-order chi connectivity index (χ1) is 27.7. The van der Waals surface area contributed by atoms with E-state index >= 15 is 0 Å². The van der Waals surface area contributed by atoms with E-state index in [9.17, 15) is 0 Å². The van der Waals surface area contributed by atoms with Gasteiger partial charge < -0.3 is 8.98 Å². The van der Waals surface area contributed by atoms with Gasteiger partial charge in [-0.3, -0.25) is 4.99 Å². The van der Waals surface area contributed by atoms with E-state index in [0.717, 1.165) is 56.7 Å². The second kappa shape index (κ2) is 13.4. The first kappa shape index (κ1) is 32.4. The third-order valence-corrected chi connectivity index (χ3v) is 11.5. The summed E-state index contributed by atoms with van der Waals surface area (Å²) in [6, 6.07) is 58.4. The Labute approximate surface area is 325 Å². The number of amidine groups is 1. The summed E-state index contributed by atoms with van der Waals surface area (Å²) in [7, 11) is 0. The SMILES string of the molecule is C1=CCC(c2ccc3c4cc(-c5ccccc5)ccc4n(-c4ccc5c(c4)oc4cccc(C6=NC(c7ccccc7)=NC(c7ccccc7)C6)c45)c3c2)C=C1. The van der Waals surface area contributed by atoms with Gasteiger partial charge in [-0.1, -0.05) is 146 Å². The largest absolute Gasteiger partial charge is 0.456 e. The van der Waals surface area contributed by atoms with Gasteiger partial charge in [-0.2, -0.15) is 0 Å². The number of fused-ring (bicyclic) bond motifs is 6. The van der Waals surface area contributed by atoms with Gasteiger partial charge in [0, 0.05) is 56.8 Å². The summed E-state index contributed by atoms with van der Waals surface area (Å²) >= 11 is 0. The zero-order valence-corrected chi connectivity index (χ0v) is 30.7. The van der Waals surface area contributed by atoms with Crippen LogP contribution in [-0.2, 0) is 0 Å². The van der Waals surface area contributed by atoms with E-state index in [0.29, 0.717) is 12.3 Å². The molecule has 0 saturated carbocycles. The van der Waals surface area contributed by atoms with E-state index in [1.54, 1.807) is 0 Å². The van der Waals surface area contributed by atoms with E-state index in [4.69, 9.17) is 14.4 Å². The fraction of sp³-hybridized carbons (Fsp3) is 0.0769. The molecule has 1 aliphatic carbocycles. The molecule has 0 N–H and O–H groups in total. The van der Waals surface area contributed by atoms with E-state index < -0.39 is 0 Å². The third-order valence-electron chi connectivity index (χ3n) is 11.5. The maximum absolute atomic E-state index is 6.75. The summed E-state index contributed by atoms with van der Waals surface area (Å²) in [6.07, 6.45) is 10.6. The van der Waals surface area contributed by atoms with Gasteiger partial charge >= 0.3 is 0 Å². The second-order valence-electron chi connectivity index (χ2n) is 14.8. The molecule has 266 valence electrons.